The molecule has 1 aromatic heterocycles. The zero-order valence-electron chi connectivity index (χ0n) is 7.17. The van der Waals surface area contributed by atoms with Crippen molar-refractivity contribution in [2.45, 2.75) is 4.90 Å². The Bertz CT molecular complexity index is 456. The van der Waals surface area contributed by atoms with Gasteiger partial charge in [-0.25, -0.2) is 13.1 Å². The molecule has 0 fully saturated rings. The SMILES string of the molecule is CNS(=O)(=O)c1cncc([N+](=O)[O-])c1. The van der Waals surface area contributed by atoms with Crippen LogP contribution in [0, 0.1) is 10.1 Å². The van der Waals surface area contributed by atoms with E-state index in [0.717, 1.165) is 18.5 Å². The minimum Gasteiger partial charge on any atom is -0.258 e. The molecule has 7 nitrogen and oxygen atoms in total. The Hall–Kier alpha value is -1.54. The maximum Gasteiger partial charge on any atom is 0.288 e. The summed E-state index contributed by atoms with van der Waals surface area (Å²) in [6, 6.07) is 0.943. The molecule has 0 saturated carbocycles. The van der Waals surface area contributed by atoms with E-state index in [2.05, 4.69) is 4.98 Å². The van der Waals surface area contributed by atoms with Crippen LogP contribution in [0.2, 0.25) is 0 Å². The molecule has 8 heteroatoms. The van der Waals surface area contributed by atoms with Crippen molar-refractivity contribution >= 4 is 15.7 Å². The number of sulfonamides is 1. The third-order valence-corrected chi connectivity index (χ3v) is 2.87. The van der Waals surface area contributed by atoms with E-state index in [1.165, 1.54) is 7.05 Å². The first-order valence-electron chi connectivity index (χ1n) is 3.50. The average molecular weight is 217 g/mol. The molecule has 0 aromatic carbocycles. The van der Waals surface area contributed by atoms with Crippen LogP contribution >= 0.6 is 0 Å². The Morgan fingerprint density at radius 3 is 2.64 bits per heavy atom. The van der Waals surface area contributed by atoms with Gasteiger partial charge in [0.2, 0.25) is 10.0 Å². The monoisotopic (exact) mass is 217 g/mol. The van der Waals surface area contributed by atoms with Crippen molar-refractivity contribution < 1.29 is 13.3 Å². The van der Waals surface area contributed by atoms with E-state index in [-0.39, 0.29) is 10.6 Å². The summed E-state index contributed by atoms with van der Waals surface area (Å²) in [6.45, 7) is 0. The van der Waals surface area contributed by atoms with Crippen LogP contribution in [0.25, 0.3) is 0 Å². The number of nitrogens with one attached hydrogen (secondary N) is 1. The van der Waals surface area contributed by atoms with Crippen molar-refractivity contribution in [3.8, 4) is 0 Å². The van der Waals surface area contributed by atoms with Crippen molar-refractivity contribution in [2.75, 3.05) is 7.05 Å². The largest absolute Gasteiger partial charge is 0.288 e. The van der Waals surface area contributed by atoms with E-state index in [1.807, 2.05) is 4.72 Å². The van der Waals surface area contributed by atoms with Crippen LogP contribution in [-0.4, -0.2) is 25.4 Å². The summed E-state index contributed by atoms with van der Waals surface area (Å²) in [5, 5.41) is 10.3. The molecule has 1 heterocycles. The van der Waals surface area contributed by atoms with Gasteiger partial charge in [0.05, 0.1) is 4.92 Å². The zero-order chi connectivity index (χ0) is 10.8. The molecule has 0 amide bonds. The minimum absolute atomic E-state index is 0.228. The summed E-state index contributed by atoms with van der Waals surface area (Å²) in [6.07, 6.45) is 2.02. The summed E-state index contributed by atoms with van der Waals surface area (Å²) in [7, 11) is -2.45. The van der Waals surface area contributed by atoms with Crippen LogP contribution in [-0.2, 0) is 10.0 Å². The summed E-state index contributed by atoms with van der Waals surface area (Å²) in [5.74, 6) is 0. The molecule has 1 rings (SSSR count). The Morgan fingerprint density at radius 1 is 1.50 bits per heavy atom. The molecule has 0 aliphatic carbocycles. The van der Waals surface area contributed by atoms with E-state index < -0.39 is 14.9 Å². The molecule has 14 heavy (non-hydrogen) atoms. The molecule has 0 unspecified atom stereocenters. The van der Waals surface area contributed by atoms with Crippen LogP contribution < -0.4 is 4.72 Å². The highest BCUT2D eigenvalue weighted by Crippen LogP contribution is 2.14. The van der Waals surface area contributed by atoms with Crippen LogP contribution in [0.3, 0.4) is 0 Å². The minimum atomic E-state index is -3.67. The van der Waals surface area contributed by atoms with Crippen molar-refractivity contribution in [1.29, 1.82) is 0 Å². The summed E-state index contributed by atoms with van der Waals surface area (Å²) in [5.41, 5.74) is -0.360. The summed E-state index contributed by atoms with van der Waals surface area (Å²) < 4.78 is 24.4. The van der Waals surface area contributed by atoms with Crippen LogP contribution in [0.1, 0.15) is 0 Å². The standard InChI is InChI=1S/C6H7N3O4S/c1-7-14(12,13)6-2-5(9(10)11)3-8-4-6/h2-4,7H,1H3. The second-order valence-electron chi connectivity index (χ2n) is 2.34. The Kier molecular flexibility index (Phi) is 2.77. The average Bonchev–Trinajstić information content (AvgIpc) is 2.18. The Morgan fingerprint density at radius 2 is 2.14 bits per heavy atom. The lowest BCUT2D eigenvalue weighted by Gasteiger charge is -2.00. The fraction of sp³-hybridized carbons (Fsp3) is 0.167. The fourth-order valence-electron chi connectivity index (χ4n) is 0.772. The van der Waals surface area contributed by atoms with E-state index in [9.17, 15) is 18.5 Å². The zero-order valence-corrected chi connectivity index (χ0v) is 7.98. The predicted molar refractivity (Wildman–Crippen MR) is 47.1 cm³/mol. The van der Waals surface area contributed by atoms with Crippen molar-refractivity contribution in [3.05, 3.63) is 28.6 Å². The summed E-state index contributed by atoms with van der Waals surface area (Å²) in [4.78, 5) is 12.8. The van der Waals surface area contributed by atoms with Crippen molar-refractivity contribution in [1.82, 2.24) is 9.71 Å². The molecule has 0 atom stereocenters. The number of nitrogens with zero attached hydrogens (tertiary/aromatic N) is 2. The topological polar surface area (TPSA) is 102 Å². The van der Waals surface area contributed by atoms with E-state index in [4.69, 9.17) is 0 Å². The van der Waals surface area contributed by atoms with Gasteiger partial charge in [0.1, 0.15) is 11.1 Å². The molecule has 76 valence electrons. The molecule has 0 saturated heterocycles. The number of hydrogen-bond donors (Lipinski definition) is 1. The van der Waals surface area contributed by atoms with Gasteiger partial charge in [-0.05, 0) is 7.05 Å². The van der Waals surface area contributed by atoms with Gasteiger partial charge >= 0.3 is 0 Å². The molecule has 1 N–H and O–H groups in total. The lowest BCUT2D eigenvalue weighted by Crippen LogP contribution is -2.18. The highest BCUT2D eigenvalue weighted by molar-refractivity contribution is 7.89. The lowest BCUT2D eigenvalue weighted by atomic mass is 10.4. The van der Waals surface area contributed by atoms with Gasteiger partial charge in [0.15, 0.2) is 0 Å². The van der Waals surface area contributed by atoms with Crippen molar-refractivity contribution in [2.24, 2.45) is 0 Å². The van der Waals surface area contributed by atoms with E-state index >= 15 is 0 Å². The molecule has 0 bridgehead atoms. The van der Waals surface area contributed by atoms with E-state index in [1.54, 1.807) is 0 Å². The van der Waals surface area contributed by atoms with Gasteiger partial charge in [-0.15, -0.1) is 0 Å². The first-order valence-corrected chi connectivity index (χ1v) is 4.98. The number of pyridine rings is 1. The molecular formula is C6H7N3O4S. The fourth-order valence-corrected chi connectivity index (χ4v) is 1.48. The lowest BCUT2D eigenvalue weighted by molar-refractivity contribution is -0.385. The van der Waals surface area contributed by atoms with Crippen LogP contribution in [0.5, 0.6) is 0 Å². The Labute approximate surface area is 80.0 Å². The normalized spacial score (nSPS) is 11.2. The van der Waals surface area contributed by atoms with Gasteiger partial charge in [-0.2, -0.15) is 0 Å². The molecule has 0 aliphatic heterocycles. The Balaban J connectivity index is 3.26. The maximum atomic E-state index is 11.2. The molecular weight excluding hydrogens is 210 g/mol. The molecule has 1 aromatic rings. The third kappa shape index (κ3) is 2.03. The highest BCUT2D eigenvalue weighted by Gasteiger charge is 2.15. The van der Waals surface area contributed by atoms with Gasteiger partial charge in [0, 0.05) is 12.3 Å². The van der Waals surface area contributed by atoms with Gasteiger partial charge in [-0.1, -0.05) is 0 Å². The molecule has 0 radical (unpaired) electrons. The number of hydrogen-bond acceptors (Lipinski definition) is 5. The quantitative estimate of drug-likeness (QED) is 0.562. The number of aromatic nitrogens is 1. The van der Waals surface area contributed by atoms with E-state index in [0.29, 0.717) is 0 Å². The van der Waals surface area contributed by atoms with Crippen molar-refractivity contribution in [3.63, 3.8) is 0 Å². The maximum absolute atomic E-state index is 11.2. The third-order valence-electron chi connectivity index (χ3n) is 1.49. The first-order chi connectivity index (χ1) is 6.47. The van der Waals surface area contributed by atoms with Gasteiger partial charge in [-0.3, -0.25) is 15.1 Å². The van der Waals surface area contributed by atoms with Crippen LogP contribution in [0.15, 0.2) is 23.4 Å². The summed E-state index contributed by atoms with van der Waals surface area (Å²) >= 11 is 0. The number of nitro groups is 1. The number of rotatable bonds is 3. The smallest absolute Gasteiger partial charge is 0.258 e. The first kappa shape index (κ1) is 10.5. The second-order valence-corrected chi connectivity index (χ2v) is 4.23. The molecule has 0 aliphatic rings. The van der Waals surface area contributed by atoms with Crippen LogP contribution in [0.4, 0.5) is 5.69 Å². The highest BCUT2D eigenvalue weighted by atomic mass is 32.2. The second kappa shape index (κ2) is 3.68. The molecule has 0 spiro atoms. The van der Waals surface area contributed by atoms with Gasteiger partial charge < -0.3 is 0 Å². The predicted octanol–water partition coefficient (Wildman–Crippen LogP) is -0.102. The van der Waals surface area contributed by atoms with Gasteiger partial charge in [0.25, 0.3) is 5.69 Å².